The standard InChI is InChI=1S/C27H33FN4O6/c1-17(2)29-27(36)32-13-12-31(25(34)19-6-5-7-20(28)15-19)16-23(32)24(33)30-22(26(35)38-4)14-18-8-10-21(37-3)11-9-18/h5-11,15,17,22-23H,12-14,16H2,1-4H3,(H,29,36)(H,30,33). The summed E-state index contributed by atoms with van der Waals surface area (Å²) in [6, 6.07) is 9.49. The van der Waals surface area contributed by atoms with Crippen molar-refractivity contribution in [3.63, 3.8) is 0 Å². The van der Waals surface area contributed by atoms with E-state index in [1.54, 1.807) is 45.2 Å². The van der Waals surface area contributed by atoms with Crippen molar-refractivity contribution < 1.29 is 33.0 Å². The number of carbonyl (C=O) groups excluding carboxylic acids is 4. The molecule has 2 unspecified atom stereocenters. The lowest BCUT2D eigenvalue weighted by atomic mass is 10.0. The monoisotopic (exact) mass is 528 g/mol. The van der Waals surface area contributed by atoms with E-state index in [1.165, 1.54) is 35.1 Å². The molecule has 3 rings (SSSR count). The molecule has 0 aromatic heterocycles. The Kier molecular flexibility index (Phi) is 9.64. The van der Waals surface area contributed by atoms with Gasteiger partial charge in [0.25, 0.3) is 5.91 Å². The number of carbonyl (C=O) groups is 4. The average molecular weight is 529 g/mol. The number of hydrogen-bond donors (Lipinski definition) is 2. The third-order valence-corrected chi connectivity index (χ3v) is 6.12. The molecule has 2 aromatic rings. The van der Waals surface area contributed by atoms with Crippen molar-refractivity contribution in [2.45, 2.75) is 38.4 Å². The number of ether oxygens (including phenoxy) is 2. The second kappa shape index (κ2) is 12.9. The number of esters is 1. The van der Waals surface area contributed by atoms with E-state index in [-0.39, 0.29) is 37.7 Å². The van der Waals surface area contributed by atoms with Crippen LogP contribution in [0.25, 0.3) is 0 Å². The van der Waals surface area contributed by atoms with Crippen LogP contribution in [0.2, 0.25) is 0 Å². The Balaban J connectivity index is 1.83. The summed E-state index contributed by atoms with van der Waals surface area (Å²) in [6.45, 7) is 3.66. The zero-order chi connectivity index (χ0) is 27.8. The minimum Gasteiger partial charge on any atom is -0.497 e. The SMILES string of the molecule is COC(=O)C(Cc1ccc(OC)cc1)NC(=O)C1CN(C(=O)c2cccc(F)c2)CCN1C(=O)NC(C)C. The average Bonchev–Trinajstić information content (AvgIpc) is 2.91. The van der Waals surface area contributed by atoms with Gasteiger partial charge in [0.15, 0.2) is 0 Å². The van der Waals surface area contributed by atoms with E-state index in [0.717, 1.165) is 11.6 Å². The van der Waals surface area contributed by atoms with Gasteiger partial charge in [0.05, 0.1) is 20.8 Å². The van der Waals surface area contributed by atoms with E-state index in [0.29, 0.717) is 5.75 Å². The van der Waals surface area contributed by atoms with Crippen LogP contribution >= 0.6 is 0 Å². The smallest absolute Gasteiger partial charge is 0.328 e. The number of halogens is 1. The van der Waals surface area contributed by atoms with Crippen LogP contribution in [0.15, 0.2) is 48.5 Å². The first-order valence-corrected chi connectivity index (χ1v) is 12.3. The molecule has 38 heavy (non-hydrogen) atoms. The van der Waals surface area contributed by atoms with Gasteiger partial charge in [-0.3, -0.25) is 9.59 Å². The number of amides is 4. The molecule has 10 nitrogen and oxygen atoms in total. The Labute approximate surface area is 221 Å². The Morgan fingerprint density at radius 2 is 1.74 bits per heavy atom. The van der Waals surface area contributed by atoms with Gasteiger partial charge in [0, 0.05) is 31.1 Å². The van der Waals surface area contributed by atoms with E-state index in [4.69, 9.17) is 9.47 Å². The second-order valence-electron chi connectivity index (χ2n) is 9.21. The number of piperazine rings is 1. The molecule has 2 atom stereocenters. The van der Waals surface area contributed by atoms with Gasteiger partial charge in [0.1, 0.15) is 23.7 Å². The molecule has 204 valence electrons. The third kappa shape index (κ3) is 7.21. The zero-order valence-electron chi connectivity index (χ0n) is 21.9. The van der Waals surface area contributed by atoms with Crippen LogP contribution < -0.4 is 15.4 Å². The Bertz CT molecular complexity index is 1160. The first kappa shape index (κ1) is 28.4. The van der Waals surface area contributed by atoms with Gasteiger partial charge >= 0.3 is 12.0 Å². The third-order valence-electron chi connectivity index (χ3n) is 6.12. The van der Waals surface area contributed by atoms with E-state index in [2.05, 4.69) is 10.6 Å². The summed E-state index contributed by atoms with van der Waals surface area (Å²) in [5.74, 6) is -1.65. The Hall–Kier alpha value is -4.15. The lowest BCUT2D eigenvalue weighted by Crippen LogP contribution is -2.64. The summed E-state index contributed by atoms with van der Waals surface area (Å²) >= 11 is 0. The predicted molar refractivity (Wildman–Crippen MR) is 137 cm³/mol. The Morgan fingerprint density at radius 1 is 1.03 bits per heavy atom. The lowest BCUT2D eigenvalue weighted by molar-refractivity contribution is -0.145. The van der Waals surface area contributed by atoms with Crippen molar-refractivity contribution in [2.24, 2.45) is 0 Å². The van der Waals surface area contributed by atoms with Crippen LogP contribution in [0.3, 0.4) is 0 Å². The van der Waals surface area contributed by atoms with Crippen molar-refractivity contribution in [3.8, 4) is 5.75 Å². The van der Waals surface area contributed by atoms with Gasteiger partial charge in [0.2, 0.25) is 5.91 Å². The molecule has 0 bridgehead atoms. The molecule has 11 heteroatoms. The maximum Gasteiger partial charge on any atom is 0.328 e. The summed E-state index contributed by atoms with van der Waals surface area (Å²) in [5.41, 5.74) is 0.888. The summed E-state index contributed by atoms with van der Waals surface area (Å²) < 4.78 is 23.8. The van der Waals surface area contributed by atoms with Crippen LogP contribution in [0.1, 0.15) is 29.8 Å². The first-order chi connectivity index (χ1) is 18.1. The highest BCUT2D eigenvalue weighted by atomic mass is 19.1. The number of hydrogen-bond acceptors (Lipinski definition) is 6. The predicted octanol–water partition coefficient (Wildman–Crippen LogP) is 1.98. The van der Waals surface area contributed by atoms with Gasteiger partial charge in [-0.25, -0.2) is 14.0 Å². The molecule has 0 saturated carbocycles. The first-order valence-electron chi connectivity index (χ1n) is 12.3. The molecule has 0 spiro atoms. The summed E-state index contributed by atoms with van der Waals surface area (Å²) in [6.07, 6.45) is 0.138. The molecule has 2 aromatic carbocycles. The molecule has 0 aliphatic carbocycles. The molecule has 4 amide bonds. The maximum absolute atomic E-state index is 13.7. The molecule has 1 fully saturated rings. The van der Waals surface area contributed by atoms with E-state index in [1.807, 2.05) is 0 Å². The largest absolute Gasteiger partial charge is 0.497 e. The van der Waals surface area contributed by atoms with Crippen molar-refractivity contribution in [2.75, 3.05) is 33.9 Å². The van der Waals surface area contributed by atoms with Crippen LogP contribution in [-0.2, 0) is 20.7 Å². The van der Waals surface area contributed by atoms with E-state index in [9.17, 15) is 23.6 Å². The van der Waals surface area contributed by atoms with Crippen LogP contribution in [0.4, 0.5) is 9.18 Å². The molecule has 1 aliphatic rings. The van der Waals surface area contributed by atoms with Gasteiger partial charge in [-0.05, 0) is 49.7 Å². The molecule has 1 heterocycles. The molecular weight excluding hydrogens is 495 g/mol. The Morgan fingerprint density at radius 3 is 2.34 bits per heavy atom. The fourth-order valence-electron chi connectivity index (χ4n) is 4.17. The summed E-state index contributed by atoms with van der Waals surface area (Å²) in [4.78, 5) is 54.8. The normalized spacial score (nSPS) is 16.0. The quantitative estimate of drug-likeness (QED) is 0.506. The maximum atomic E-state index is 13.7. The zero-order valence-corrected chi connectivity index (χ0v) is 21.9. The highest BCUT2D eigenvalue weighted by molar-refractivity contribution is 5.96. The number of rotatable bonds is 8. The van der Waals surface area contributed by atoms with E-state index < -0.39 is 41.7 Å². The molecular formula is C27H33FN4O6. The highest BCUT2D eigenvalue weighted by Gasteiger charge is 2.39. The molecule has 0 radical (unpaired) electrons. The van der Waals surface area contributed by atoms with Crippen molar-refractivity contribution in [1.29, 1.82) is 0 Å². The number of urea groups is 1. The topological polar surface area (TPSA) is 117 Å². The van der Waals surface area contributed by atoms with Crippen LogP contribution in [-0.4, -0.2) is 85.6 Å². The second-order valence-corrected chi connectivity index (χ2v) is 9.21. The minimum atomic E-state index is -1.09. The summed E-state index contributed by atoms with van der Waals surface area (Å²) in [5, 5.41) is 5.47. The fraction of sp³-hybridized carbons (Fsp3) is 0.407. The number of methoxy groups -OCH3 is 2. The number of benzene rings is 2. The van der Waals surface area contributed by atoms with Gasteiger partial charge in [-0.1, -0.05) is 18.2 Å². The van der Waals surface area contributed by atoms with Crippen LogP contribution in [0, 0.1) is 5.82 Å². The molecule has 1 saturated heterocycles. The highest BCUT2D eigenvalue weighted by Crippen LogP contribution is 2.17. The number of nitrogens with zero attached hydrogens (tertiary/aromatic N) is 2. The van der Waals surface area contributed by atoms with Gasteiger partial charge in [-0.15, -0.1) is 0 Å². The number of nitrogens with one attached hydrogen (secondary N) is 2. The summed E-state index contributed by atoms with van der Waals surface area (Å²) in [7, 11) is 2.76. The van der Waals surface area contributed by atoms with Crippen molar-refractivity contribution >= 4 is 23.8 Å². The molecule has 2 N–H and O–H groups in total. The van der Waals surface area contributed by atoms with Gasteiger partial charge < -0.3 is 29.9 Å². The van der Waals surface area contributed by atoms with Crippen molar-refractivity contribution in [1.82, 2.24) is 20.4 Å². The van der Waals surface area contributed by atoms with E-state index >= 15 is 0 Å². The van der Waals surface area contributed by atoms with Crippen molar-refractivity contribution in [3.05, 3.63) is 65.5 Å². The van der Waals surface area contributed by atoms with Gasteiger partial charge in [-0.2, -0.15) is 0 Å². The molecule has 1 aliphatic heterocycles. The lowest BCUT2D eigenvalue weighted by Gasteiger charge is -2.41. The van der Waals surface area contributed by atoms with Crippen LogP contribution in [0.5, 0.6) is 5.75 Å². The minimum absolute atomic E-state index is 0.0685. The fourth-order valence-corrected chi connectivity index (χ4v) is 4.17.